The molecule has 2 N–H and O–H groups in total. The summed E-state index contributed by atoms with van der Waals surface area (Å²) in [5.74, 6) is 0. The van der Waals surface area contributed by atoms with Gasteiger partial charge in [0.1, 0.15) is 5.01 Å². The maximum Gasteiger partial charge on any atom is 0.115 e. The average Bonchev–Trinajstić information content (AvgIpc) is 2.98. The number of aromatic nitrogens is 1. The van der Waals surface area contributed by atoms with Gasteiger partial charge in [0.25, 0.3) is 0 Å². The minimum Gasteiger partial charge on any atom is -0.318 e. The van der Waals surface area contributed by atoms with Gasteiger partial charge in [-0.15, -0.1) is 11.3 Å². The van der Waals surface area contributed by atoms with Gasteiger partial charge in [-0.1, -0.05) is 54.6 Å². The second-order valence-electron chi connectivity index (χ2n) is 4.77. The first-order valence-corrected chi connectivity index (χ1v) is 7.45. The predicted molar refractivity (Wildman–Crippen MR) is 84.8 cm³/mol. The van der Waals surface area contributed by atoms with E-state index < -0.39 is 0 Å². The summed E-state index contributed by atoms with van der Waals surface area (Å²) in [6.07, 6.45) is 0. The van der Waals surface area contributed by atoms with Crippen LogP contribution in [0.15, 0.2) is 60.0 Å². The Hall–Kier alpha value is -1.97. The van der Waals surface area contributed by atoms with Gasteiger partial charge in [-0.05, 0) is 18.1 Å². The number of hydrogen-bond acceptors (Lipinski definition) is 3. The van der Waals surface area contributed by atoms with E-state index in [1.807, 2.05) is 30.3 Å². The molecule has 3 rings (SSSR count). The fourth-order valence-corrected chi connectivity index (χ4v) is 3.09. The number of nitrogens with two attached hydrogens (primary N) is 1. The van der Waals surface area contributed by atoms with Gasteiger partial charge in [-0.2, -0.15) is 0 Å². The van der Waals surface area contributed by atoms with Crippen molar-refractivity contribution in [3.63, 3.8) is 0 Å². The summed E-state index contributed by atoms with van der Waals surface area (Å²) < 4.78 is 0. The summed E-state index contributed by atoms with van der Waals surface area (Å²) >= 11 is 1.62. The summed E-state index contributed by atoms with van der Waals surface area (Å²) in [5, 5.41) is 3.03. The van der Waals surface area contributed by atoms with Crippen LogP contribution in [0.4, 0.5) is 0 Å². The van der Waals surface area contributed by atoms with Gasteiger partial charge in [-0.25, -0.2) is 4.98 Å². The van der Waals surface area contributed by atoms with Crippen LogP contribution in [0.25, 0.3) is 11.3 Å². The zero-order chi connectivity index (χ0) is 13.9. The molecule has 0 bridgehead atoms. The fraction of sp³-hybridized carbons (Fsp3) is 0.118. The third-order valence-corrected chi connectivity index (χ3v) is 4.31. The largest absolute Gasteiger partial charge is 0.318 e. The maximum absolute atomic E-state index is 6.36. The molecule has 2 nitrogen and oxygen atoms in total. The quantitative estimate of drug-likeness (QED) is 0.782. The molecule has 0 aliphatic carbocycles. The second-order valence-corrected chi connectivity index (χ2v) is 5.66. The van der Waals surface area contributed by atoms with Gasteiger partial charge in [0.2, 0.25) is 0 Å². The van der Waals surface area contributed by atoms with Crippen molar-refractivity contribution in [2.24, 2.45) is 5.73 Å². The van der Waals surface area contributed by atoms with Crippen LogP contribution in [-0.2, 0) is 0 Å². The van der Waals surface area contributed by atoms with Crippen molar-refractivity contribution >= 4 is 11.3 Å². The van der Waals surface area contributed by atoms with Gasteiger partial charge >= 0.3 is 0 Å². The van der Waals surface area contributed by atoms with Crippen molar-refractivity contribution in [1.29, 1.82) is 0 Å². The highest BCUT2D eigenvalue weighted by atomic mass is 32.1. The molecule has 1 unspecified atom stereocenters. The van der Waals surface area contributed by atoms with Crippen molar-refractivity contribution in [3.8, 4) is 11.3 Å². The van der Waals surface area contributed by atoms with Crippen LogP contribution in [0.5, 0.6) is 0 Å². The molecule has 1 heterocycles. The monoisotopic (exact) mass is 280 g/mol. The van der Waals surface area contributed by atoms with Crippen LogP contribution in [0, 0.1) is 6.92 Å². The Morgan fingerprint density at radius 3 is 2.45 bits per heavy atom. The van der Waals surface area contributed by atoms with Crippen molar-refractivity contribution < 1.29 is 0 Å². The Bertz CT molecular complexity index is 704. The van der Waals surface area contributed by atoms with E-state index >= 15 is 0 Å². The SMILES string of the molecule is Cc1ccccc1C(N)c1nc(-c2ccccc2)cs1. The van der Waals surface area contributed by atoms with Gasteiger partial charge in [-0.3, -0.25) is 0 Å². The van der Waals surface area contributed by atoms with E-state index in [1.54, 1.807) is 11.3 Å². The molecule has 2 aromatic carbocycles. The molecule has 3 heteroatoms. The number of aryl methyl sites for hydroxylation is 1. The molecular weight excluding hydrogens is 264 g/mol. The minimum atomic E-state index is -0.154. The lowest BCUT2D eigenvalue weighted by Crippen LogP contribution is -2.12. The van der Waals surface area contributed by atoms with Crippen LogP contribution in [0.2, 0.25) is 0 Å². The zero-order valence-corrected chi connectivity index (χ0v) is 12.1. The normalized spacial score (nSPS) is 12.3. The van der Waals surface area contributed by atoms with Gasteiger partial charge in [0, 0.05) is 10.9 Å². The Kier molecular flexibility index (Phi) is 3.63. The Morgan fingerprint density at radius 2 is 1.70 bits per heavy atom. The van der Waals surface area contributed by atoms with Crippen LogP contribution in [-0.4, -0.2) is 4.98 Å². The molecule has 0 aliphatic rings. The van der Waals surface area contributed by atoms with Crippen LogP contribution >= 0.6 is 11.3 Å². The van der Waals surface area contributed by atoms with Crippen molar-refractivity contribution in [2.75, 3.05) is 0 Å². The van der Waals surface area contributed by atoms with Gasteiger partial charge in [0.05, 0.1) is 11.7 Å². The first-order valence-electron chi connectivity index (χ1n) is 6.57. The molecule has 1 aromatic heterocycles. The number of thiazole rings is 1. The third kappa shape index (κ3) is 2.50. The lowest BCUT2D eigenvalue weighted by Gasteiger charge is -2.11. The molecule has 0 spiro atoms. The van der Waals surface area contributed by atoms with Crippen LogP contribution in [0.1, 0.15) is 22.2 Å². The number of benzene rings is 2. The molecule has 1 atom stereocenters. The average molecular weight is 280 g/mol. The summed E-state index contributed by atoms with van der Waals surface area (Å²) in [6.45, 7) is 2.08. The molecule has 0 saturated heterocycles. The highest BCUT2D eigenvalue weighted by molar-refractivity contribution is 7.10. The second kappa shape index (κ2) is 5.57. The first-order chi connectivity index (χ1) is 9.75. The Balaban J connectivity index is 1.93. The molecule has 3 aromatic rings. The van der Waals surface area contributed by atoms with Crippen molar-refractivity contribution in [1.82, 2.24) is 4.98 Å². The predicted octanol–water partition coefficient (Wildman–Crippen LogP) is 4.17. The zero-order valence-electron chi connectivity index (χ0n) is 11.3. The number of nitrogens with zero attached hydrogens (tertiary/aromatic N) is 1. The van der Waals surface area contributed by atoms with E-state index in [-0.39, 0.29) is 6.04 Å². The molecule has 0 saturated carbocycles. The summed E-state index contributed by atoms with van der Waals surface area (Å²) in [7, 11) is 0. The van der Waals surface area contributed by atoms with Crippen molar-refractivity contribution in [3.05, 3.63) is 76.1 Å². The topological polar surface area (TPSA) is 38.9 Å². The minimum absolute atomic E-state index is 0.154. The standard InChI is InChI=1S/C17H16N2S/c1-12-7-5-6-10-14(12)16(18)17-19-15(11-20-17)13-8-3-2-4-9-13/h2-11,16H,18H2,1H3. The highest BCUT2D eigenvalue weighted by Crippen LogP contribution is 2.28. The smallest absolute Gasteiger partial charge is 0.115 e. The number of hydrogen-bond donors (Lipinski definition) is 1. The molecule has 100 valence electrons. The molecular formula is C17H16N2S. The number of rotatable bonds is 3. The van der Waals surface area contributed by atoms with E-state index in [2.05, 4.69) is 36.6 Å². The van der Waals surface area contributed by atoms with Crippen LogP contribution in [0.3, 0.4) is 0 Å². The summed E-state index contributed by atoms with van der Waals surface area (Å²) in [5.41, 5.74) is 10.8. The van der Waals surface area contributed by atoms with Gasteiger partial charge in [0.15, 0.2) is 0 Å². The van der Waals surface area contributed by atoms with E-state index in [1.165, 1.54) is 5.56 Å². The van der Waals surface area contributed by atoms with E-state index in [0.717, 1.165) is 21.8 Å². The Morgan fingerprint density at radius 1 is 1.00 bits per heavy atom. The lowest BCUT2D eigenvalue weighted by molar-refractivity contribution is 0.850. The molecule has 0 aliphatic heterocycles. The third-order valence-electron chi connectivity index (χ3n) is 3.38. The van der Waals surface area contributed by atoms with Gasteiger partial charge < -0.3 is 5.73 Å². The van der Waals surface area contributed by atoms with Crippen LogP contribution < -0.4 is 5.73 Å². The molecule has 0 radical (unpaired) electrons. The maximum atomic E-state index is 6.36. The summed E-state index contributed by atoms with van der Waals surface area (Å²) in [6, 6.07) is 18.2. The van der Waals surface area contributed by atoms with E-state index in [0.29, 0.717) is 0 Å². The first kappa shape index (κ1) is 13.0. The Labute approximate surface area is 122 Å². The van der Waals surface area contributed by atoms with E-state index in [4.69, 9.17) is 10.7 Å². The fourth-order valence-electron chi connectivity index (χ4n) is 2.24. The summed E-state index contributed by atoms with van der Waals surface area (Å²) in [4.78, 5) is 4.69. The molecule has 0 fully saturated rings. The lowest BCUT2D eigenvalue weighted by atomic mass is 10.0. The molecule has 20 heavy (non-hydrogen) atoms. The highest BCUT2D eigenvalue weighted by Gasteiger charge is 2.15. The van der Waals surface area contributed by atoms with E-state index in [9.17, 15) is 0 Å². The van der Waals surface area contributed by atoms with Crippen molar-refractivity contribution in [2.45, 2.75) is 13.0 Å². The molecule has 0 amide bonds.